The van der Waals surface area contributed by atoms with Crippen molar-refractivity contribution in [1.82, 2.24) is 10.2 Å². The van der Waals surface area contributed by atoms with Gasteiger partial charge < -0.3 is 15.5 Å². The summed E-state index contributed by atoms with van der Waals surface area (Å²) in [5.74, 6) is -1.13. The van der Waals surface area contributed by atoms with Gasteiger partial charge in [0, 0.05) is 13.1 Å². The first kappa shape index (κ1) is 18.3. The van der Waals surface area contributed by atoms with Gasteiger partial charge in [-0.1, -0.05) is 12.1 Å². The predicted octanol–water partition coefficient (Wildman–Crippen LogP) is 2.10. The average Bonchev–Trinajstić information content (AvgIpc) is 3.28. The lowest BCUT2D eigenvalue weighted by molar-refractivity contribution is -0.137. The van der Waals surface area contributed by atoms with E-state index in [0.717, 1.165) is 6.07 Å². The van der Waals surface area contributed by atoms with E-state index in [1.54, 1.807) is 0 Å². The fourth-order valence-electron chi connectivity index (χ4n) is 2.33. The molecule has 0 atom stereocenters. The highest BCUT2D eigenvalue weighted by Crippen LogP contribution is 2.47. The highest BCUT2D eigenvalue weighted by molar-refractivity contribution is 6.13. The average molecular weight is 343 g/mol. The van der Waals surface area contributed by atoms with Crippen LogP contribution in [0.5, 0.6) is 0 Å². The maximum atomic E-state index is 13.0. The standard InChI is InChI=1S/C16H20F3N3O2/c1-22(2)10-9-20-13(23)15(7-8-15)14(24)21-12-6-4-3-5-11(12)16(17,18)19/h3-6H,7-10H2,1-2H3,(H,20,23)(H,21,24). The third-order valence-corrected chi connectivity index (χ3v) is 3.94. The lowest BCUT2D eigenvalue weighted by atomic mass is 10.0. The van der Waals surface area contributed by atoms with Crippen LogP contribution in [0.4, 0.5) is 18.9 Å². The summed E-state index contributed by atoms with van der Waals surface area (Å²) in [6.45, 7) is 0.986. The van der Waals surface area contributed by atoms with Gasteiger partial charge in [-0.05, 0) is 39.1 Å². The summed E-state index contributed by atoms with van der Waals surface area (Å²) in [4.78, 5) is 26.4. The van der Waals surface area contributed by atoms with Crippen LogP contribution in [0.2, 0.25) is 0 Å². The normalized spacial score (nSPS) is 15.9. The van der Waals surface area contributed by atoms with Gasteiger partial charge in [0.25, 0.3) is 0 Å². The molecule has 0 radical (unpaired) electrons. The number of para-hydroxylation sites is 1. The van der Waals surface area contributed by atoms with Crippen molar-refractivity contribution in [2.45, 2.75) is 19.0 Å². The van der Waals surface area contributed by atoms with Crippen molar-refractivity contribution < 1.29 is 22.8 Å². The molecule has 1 fully saturated rings. The van der Waals surface area contributed by atoms with E-state index in [0.29, 0.717) is 25.9 Å². The summed E-state index contributed by atoms with van der Waals surface area (Å²) in [6.07, 6.45) is -3.91. The highest BCUT2D eigenvalue weighted by atomic mass is 19.4. The molecule has 5 nitrogen and oxygen atoms in total. The van der Waals surface area contributed by atoms with Crippen LogP contribution in [0, 0.1) is 5.41 Å². The predicted molar refractivity (Wildman–Crippen MR) is 83.3 cm³/mol. The van der Waals surface area contributed by atoms with E-state index < -0.39 is 29.0 Å². The van der Waals surface area contributed by atoms with Crippen LogP contribution in [0.15, 0.2) is 24.3 Å². The van der Waals surface area contributed by atoms with Crippen molar-refractivity contribution in [3.05, 3.63) is 29.8 Å². The summed E-state index contributed by atoms with van der Waals surface area (Å²) in [6, 6.07) is 4.73. The molecular formula is C16H20F3N3O2. The molecule has 1 aliphatic rings. The summed E-state index contributed by atoms with van der Waals surface area (Å²) in [5, 5.41) is 4.93. The van der Waals surface area contributed by atoms with Gasteiger partial charge in [-0.15, -0.1) is 0 Å². The molecule has 24 heavy (non-hydrogen) atoms. The van der Waals surface area contributed by atoms with Crippen molar-refractivity contribution in [1.29, 1.82) is 0 Å². The van der Waals surface area contributed by atoms with Crippen LogP contribution in [0.3, 0.4) is 0 Å². The number of nitrogens with one attached hydrogen (secondary N) is 2. The Balaban J connectivity index is 2.06. The molecule has 8 heteroatoms. The van der Waals surface area contributed by atoms with E-state index in [4.69, 9.17) is 0 Å². The molecule has 1 aliphatic carbocycles. The zero-order chi connectivity index (χ0) is 18.0. The van der Waals surface area contributed by atoms with Crippen LogP contribution in [-0.2, 0) is 15.8 Å². The number of carbonyl (C=O) groups excluding carboxylic acids is 2. The van der Waals surface area contributed by atoms with Crippen molar-refractivity contribution in [2.24, 2.45) is 5.41 Å². The quantitative estimate of drug-likeness (QED) is 0.778. The first-order valence-corrected chi connectivity index (χ1v) is 7.57. The van der Waals surface area contributed by atoms with Gasteiger partial charge in [-0.25, -0.2) is 0 Å². The largest absolute Gasteiger partial charge is 0.418 e. The molecule has 0 heterocycles. The van der Waals surface area contributed by atoms with Crippen molar-refractivity contribution in [2.75, 3.05) is 32.5 Å². The molecule has 1 aromatic carbocycles. The van der Waals surface area contributed by atoms with Crippen molar-refractivity contribution in [3.8, 4) is 0 Å². The number of hydrogen-bond acceptors (Lipinski definition) is 3. The second kappa shape index (κ2) is 6.80. The number of anilines is 1. The summed E-state index contributed by atoms with van der Waals surface area (Å²) in [7, 11) is 3.69. The fourth-order valence-corrected chi connectivity index (χ4v) is 2.33. The van der Waals surface area contributed by atoms with Gasteiger partial charge in [-0.3, -0.25) is 9.59 Å². The minimum absolute atomic E-state index is 0.331. The Morgan fingerprint density at radius 2 is 1.79 bits per heavy atom. The highest BCUT2D eigenvalue weighted by Gasteiger charge is 2.56. The van der Waals surface area contributed by atoms with E-state index in [1.165, 1.54) is 18.2 Å². The Kier molecular flexibility index (Phi) is 5.17. The number of carbonyl (C=O) groups is 2. The van der Waals surface area contributed by atoms with Crippen LogP contribution in [0.1, 0.15) is 18.4 Å². The second-order valence-corrected chi connectivity index (χ2v) is 6.14. The Labute approximate surface area is 138 Å². The minimum Gasteiger partial charge on any atom is -0.354 e. The van der Waals surface area contributed by atoms with Crippen molar-refractivity contribution in [3.63, 3.8) is 0 Å². The summed E-state index contributed by atoms with van der Waals surface area (Å²) >= 11 is 0. The lowest BCUT2D eigenvalue weighted by Gasteiger charge is -2.18. The zero-order valence-corrected chi connectivity index (χ0v) is 13.5. The maximum absolute atomic E-state index is 13.0. The smallest absolute Gasteiger partial charge is 0.354 e. The molecule has 1 aromatic rings. The van der Waals surface area contributed by atoms with E-state index in [9.17, 15) is 22.8 Å². The Hall–Kier alpha value is -2.09. The number of benzene rings is 1. The van der Waals surface area contributed by atoms with Crippen LogP contribution < -0.4 is 10.6 Å². The van der Waals surface area contributed by atoms with E-state index in [1.807, 2.05) is 19.0 Å². The third-order valence-electron chi connectivity index (χ3n) is 3.94. The second-order valence-electron chi connectivity index (χ2n) is 6.14. The molecule has 132 valence electrons. The number of nitrogens with zero attached hydrogens (tertiary/aromatic N) is 1. The van der Waals surface area contributed by atoms with Gasteiger partial charge in [0.05, 0.1) is 11.3 Å². The Morgan fingerprint density at radius 1 is 1.17 bits per heavy atom. The lowest BCUT2D eigenvalue weighted by Crippen LogP contribution is -2.42. The third kappa shape index (κ3) is 4.05. The molecular weight excluding hydrogens is 323 g/mol. The topological polar surface area (TPSA) is 61.4 Å². The van der Waals surface area contributed by atoms with Gasteiger partial charge >= 0.3 is 6.18 Å². The minimum atomic E-state index is -4.57. The Bertz CT molecular complexity index is 625. The summed E-state index contributed by atoms with van der Waals surface area (Å²) in [5.41, 5.74) is -2.52. The maximum Gasteiger partial charge on any atom is 0.418 e. The van der Waals surface area contributed by atoms with E-state index in [-0.39, 0.29) is 5.69 Å². The number of rotatable bonds is 6. The number of likely N-dealkylation sites (N-methyl/N-ethyl adjacent to an activating group) is 1. The molecule has 2 N–H and O–H groups in total. The van der Waals surface area contributed by atoms with Crippen molar-refractivity contribution >= 4 is 17.5 Å². The van der Waals surface area contributed by atoms with Gasteiger partial charge in [-0.2, -0.15) is 13.2 Å². The molecule has 0 aliphatic heterocycles. The molecule has 0 unspecified atom stereocenters. The number of amides is 2. The molecule has 2 amide bonds. The SMILES string of the molecule is CN(C)CCNC(=O)C1(C(=O)Nc2ccccc2C(F)(F)F)CC1. The molecule has 0 aromatic heterocycles. The zero-order valence-electron chi connectivity index (χ0n) is 13.5. The first-order chi connectivity index (χ1) is 11.2. The Morgan fingerprint density at radius 3 is 2.33 bits per heavy atom. The number of alkyl halides is 3. The van der Waals surface area contributed by atoms with Crippen LogP contribution in [0.25, 0.3) is 0 Å². The van der Waals surface area contributed by atoms with Crippen LogP contribution >= 0.6 is 0 Å². The molecule has 0 bridgehead atoms. The first-order valence-electron chi connectivity index (χ1n) is 7.57. The van der Waals surface area contributed by atoms with Crippen LogP contribution in [-0.4, -0.2) is 43.9 Å². The van der Waals surface area contributed by atoms with Gasteiger partial charge in [0.1, 0.15) is 5.41 Å². The van der Waals surface area contributed by atoms with Gasteiger partial charge in [0.2, 0.25) is 11.8 Å². The number of halogens is 3. The van der Waals surface area contributed by atoms with Gasteiger partial charge in [0.15, 0.2) is 0 Å². The fraction of sp³-hybridized carbons (Fsp3) is 0.500. The summed E-state index contributed by atoms with van der Waals surface area (Å²) < 4.78 is 38.9. The molecule has 1 saturated carbocycles. The van der Waals surface area contributed by atoms with E-state index >= 15 is 0 Å². The monoisotopic (exact) mass is 343 g/mol. The number of hydrogen-bond donors (Lipinski definition) is 2. The molecule has 2 rings (SSSR count). The molecule has 0 saturated heterocycles. The molecule has 0 spiro atoms. The van der Waals surface area contributed by atoms with E-state index in [2.05, 4.69) is 10.6 Å².